The Morgan fingerprint density at radius 3 is 2.45 bits per heavy atom. The summed E-state index contributed by atoms with van der Waals surface area (Å²) in [6.45, 7) is 3.66. The third-order valence-electron chi connectivity index (χ3n) is 3.28. The van der Waals surface area contributed by atoms with E-state index in [1.165, 1.54) is 25.0 Å². The highest BCUT2D eigenvalue weighted by Gasteiger charge is 2.11. The standard InChI is InChI=1S/C16H26FN3O.HI/c1-4-5-6-11-19-16(18-2)20-12-15(21-3)13-7-9-14(17)10-8-13;/h7-10,15H,4-6,11-12H2,1-3H3,(H2,18,19,20);1H. The van der Waals surface area contributed by atoms with E-state index in [0.717, 1.165) is 24.5 Å². The zero-order chi connectivity index (χ0) is 15.5. The van der Waals surface area contributed by atoms with Gasteiger partial charge in [0.2, 0.25) is 0 Å². The monoisotopic (exact) mass is 423 g/mol. The minimum Gasteiger partial charge on any atom is -0.375 e. The summed E-state index contributed by atoms with van der Waals surface area (Å²) in [6, 6.07) is 6.36. The summed E-state index contributed by atoms with van der Waals surface area (Å²) in [5.74, 6) is 0.519. The van der Waals surface area contributed by atoms with Gasteiger partial charge in [0.15, 0.2) is 5.96 Å². The van der Waals surface area contributed by atoms with Gasteiger partial charge < -0.3 is 15.4 Å². The van der Waals surface area contributed by atoms with Gasteiger partial charge in [-0.3, -0.25) is 4.99 Å². The molecule has 4 nitrogen and oxygen atoms in total. The van der Waals surface area contributed by atoms with Crippen molar-refractivity contribution in [3.63, 3.8) is 0 Å². The maximum absolute atomic E-state index is 12.9. The van der Waals surface area contributed by atoms with Gasteiger partial charge in [0, 0.05) is 27.2 Å². The Bertz CT molecular complexity index is 426. The van der Waals surface area contributed by atoms with Crippen LogP contribution in [-0.4, -0.2) is 33.2 Å². The lowest BCUT2D eigenvalue weighted by molar-refractivity contribution is 0.106. The normalized spacial score (nSPS) is 12.5. The number of benzene rings is 1. The average molecular weight is 423 g/mol. The molecule has 22 heavy (non-hydrogen) atoms. The molecule has 6 heteroatoms. The topological polar surface area (TPSA) is 45.7 Å². The predicted octanol–water partition coefficient (Wildman–Crippen LogP) is 3.49. The minimum absolute atomic E-state index is 0. The average Bonchev–Trinajstić information content (AvgIpc) is 2.51. The van der Waals surface area contributed by atoms with Crippen LogP contribution in [0.25, 0.3) is 0 Å². The number of ether oxygens (including phenoxy) is 1. The number of hydrogen-bond acceptors (Lipinski definition) is 2. The van der Waals surface area contributed by atoms with Crippen molar-refractivity contribution >= 4 is 29.9 Å². The number of aliphatic imine (C=N–C) groups is 1. The van der Waals surface area contributed by atoms with E-state index in [0.29, 0.717) is 6.54 Å². The maximum Gasteiger partial charge on any atom is 0.191 e. The molecule has 1 atom stereocenters. The second-order valence-corrected chi connectivity index (χ2v) is 4.86. The molecule has 0 aliphatic heterocycles. The first kappa shape index (κ1) is 21.1. The molecule has 0 aliphatic carbocycles. The van der Waals surface area contributed by atoms with Gasteiger partial charge in [-0.05, 0) is 24.1 Å². The van der Waals surface area contributed by atoms with E-state index in [4.69, 9.17) is 4.74 Å². The Hall–Kier alpha value is -0.890. The molecule has 0 bridgehead atoms. The summed E-state index contributed by atoms with van der Waals surface area (Å²) in [5.41, 5.74) is 0.938. The first-order valence-electron chi connectivity index (χ1n) is 7.44. The van der Waals surface area contributed by atoms with Crippen LogP contribution in [0.15, 0.2) is 29.3 Å². The molecule has 0 saturated heterocycles. The number of hydrogen-bond donors (Lipinski definition) is 2. The lowest BCUT2D eigenvalue weighted by atomic mass is 10.1. The van der Waals surface area contributed by atoms with Crippen molar-refractivity contribution < 1.29 is 9.13 Å². The van der Waals surface area contributed by atoms with Gasteiger partial charge in [0.05, 0.1) is 6.10 Å². The molecule has 1 aromatic rings. The van der Waals surface area contributed by atoms with Gasteiger partial charge in [-0.25, -0.2) is 4.39 Å². The van der Waals surface area contributed by atoms with Crippen molar-refractivity contribution in [2.75, 3.05) is 27.2 Å². The molecule has 126 valence electrons. The van der Waals surface area contributed by atoms with Crippen LogP contribution in [0.2, 0.25) is 0 Å². The Kier molecular flexibility index (Phi) is 12.1. The van der Waals surface area contributed by atoms with Crippen LogP contribution in [0.3, 0.4) is 0 Å². The molecule has 0 aromatic heterocycles. The quantitative estimate of drug-likeness (QED) is 0.291. The van der Waals surface area contributed by atoms with Gasteiger partial charge >= 0.3 is 0 Å². The van der Waals surface area contributed by atoms with E-state index in [1.807, 2.05) is 0 Å². The van der Waals surface area contributed by atoms with Crippen LogP contribution in [0.4, 0.5) is 4.39 Å². The fourth-order valence-corrected chi connectivity index (χ4v) is 2.01. The number of unbranched alkanes of at least 4 members (excludes halogenated alkanes) is 2. The van der Waals surface area contributed by atoms with Crippen LogP contribution < -0.4 is 10.6 Å². The number of guanidine groups is 1. The van der Waals surface area contributed by atoms with E-state index < -0.39 is 0 Å². The van der Waals surface area contributed by atoms with Crippen molar-refractivity contribution in [3.8, 4) is 0 Å². The van der Waals surface area contributed by atoms with Crippen LogP contribution in [-0.2, 0) is 4.74 Å². The lowest BCUT2D eigenvalue weighted by Gasteiger charge is -2.18. The van der Waals surface area contributed by atoms with Crippen LogP contribution in [0.5, 0.6) is 0 Å². The van der Waals surface area contributed by atoms with Gasteiger partial charge in [-0.1, -0.05) is 31.9 Å². The zero-order valence-corrected chi connectivity index (χ0v) is 15.9. The summed E-state index contributed by atoms with van der Waals surface area (Å²) < 4.78 is 18.4. The highest BCUT2D eigenvalue weighted by Crippen LogP contribution is 2.15. The first-order chi connectivity index (χ1) is 10.2. The second-order valence-electron chi connectivity index (χ2n) is 4.86. The van der Waals surface area contributed by atoms with Crippen LogP contribution in [0.1, 0.15) is 37.9 Å². The Balaban J connectivity index is 0.00000441. The lowest BCUT2D eigenvalue weighted by Crippen LogP contribution is -2.40. The molecule has 0 amide bonds. The largest absolute Gasteiger partial charge is 0.375 e. The molecule has 1 aromatic carbocycles. The number of rotatable bonds is 8. The molecule has 0 aliphatic rings. The van der Waals surface area contributed by atoms with E-state index in [-0.39, 0.29) is 35.9 Å². The molecule has 1 rings (SSSR count). The molecule has 2 N–H and O–H groups in total. The van der Waals surface area contributed by atoms with Crippen molar-refractivity contribution in [1.82, 2.24) is 10.6 Å². The smallest absolute Gasteiger partial charge is 0.191 e. The maximum atomic E-state index is 12.9. The zero-order valence-electron chi connectivity index (χ0n) is 13.6. The highest BCUT2D eigenvalue weighted by molar-refractivity contribution is 14.0. The summed E-state index contributed by atoms with van der Waals surface area (Å²) >= 11 is 0. The summed E-state index contributed by atoms with van der Waals surface area (Å²) in [5, 5.41) is 6.50. The van der Waals surface area contributed by atoms with Gasteiger partial charge in [0.25, 0.3) is 0 Å². The Labute approximate surface area is 149 Å². The van der Waals surface area contributed by atoms with E-state index in [9.17, 15) is 4.39 Å². The molecule has 0 heterocycles. The van der Waals surface area contributed by atoms with Crippen molar-refractivity contribution in [3.05, 3.63) is 35.6 Å². The molecular weight excluding hydrogens is 396 g/mol. The summed E-state index contributed by atoms with van der Waals surface area (Å²) in [4.78, 5) is 4.18. The molecule has 0 radical (unpaired) electrons. The van der Waals surface area contributed by atoms with Gasteiger partial charge in [0.1, 0.15) is 5.82 Å². The molecule has 0 spiro atoms. The highest BCUT2D eigenvalue weighted by atomic mass is 127. The molecule has 0 saturated carbocycles. The molecule has 0 fully saturated rings. The Morgan fingerprint density at radius 1 is 1.23 bits per heavy atom. The molecular formula is C16H27FIN3O. The number of halogens is 2. The third-order valence-corrected chi connectivity index (χ3v) is 3.28. The number of methoxy groups -OCH3 is 1. The van der Waals surface area contributed by atoms with Crippen molar-refractivity contribution in [1.29, 1.82) is 0 Å². The number of nitrogens with zero attached hydrogens (tertiary/aromatic N) is 1. The fourth-order valence-electron chi connectivity index (χ4n) is 2.01. The van der Waals surface area contributed by atoms with Crippen molar-refractivity contribution in [2.45, 2.75) is 32.3 Å². The second kappa shape index (κ2) is 12.6. The third kappa shape index (κ3) is 7.93. The van der Waals surface area contributed by atoms with Gasteiger partial charge in [-0.2, -0.15) is 0 Å². The SMILES string of the molecule is CCCCCNC(=NC)NCC(OC)c1ccc(F)cc1.I. The molecule has 1 unspecified atom stereocenters. The van der Waals surface area contributed by atoms with Crippen molar-refractivity contribution in [2.24, 2.45) is 4.99 Å². The minimum atomic E-state index is -0.241. The van der Waals surface area contributed by atoms with Crippen LogP contribution in [0, 0.1) is 5.82 Å². The number of nitrogens with one attached hydrogen (secondary N) is 2. The predicted molar refractivity (Wildman–Crippen MR) is 100 cm³/mol. The Morgan fingerprint density at radius 2 is 1.91 bits per heavy atom. The summed E-state index contributed by atoms with van der Waals surface area (Å²) in [7, 11) is 3.39. The summed E-state index contributed by atoms with van der Waals surface area (Å²) in [6.07, 6.45) is 3.40. The first-order valence-corrected chi connectivity index (χ1v) is 7.44. The fraction of sp³-hybridized carbons (Fsp3) is 0.562. The van der Waals surface area contributed by atoms with E-state index >= 15 is 0 Å². The van der Waals surface area contributed by atoms with Crippen LogP contribution >= 0.6 is 24.0 Å². The van der Waals surface area contributed by atoms with E-state index in [1.54, 1.807) is 26.3 Å². The van der Waals surface area contributed by atoms with Gasteiger partial charge in [-0.15, -0.1) is 24.0 Å². The van der Waals surface area contributed by atoms with E-state index in [2.05, 4.69) is 22.5 Å².